The summed E-state index contributed by atoms with van der Waals surface area (Å²) in [4.78, 5) is 23.0. The van der Waals surface area contributed by atoms with E-state index in [1.54, 1.807) is 0 Å². The number of ether oxygens (including phenoxy) is 1. The second-order valence-electron chi connectivity index (χ2n) is 6.13. The number of amides is 1. The molecule has 0 aliphatic carbocycles. The molecule has 0 saturated carbocycles. The van der Waals surface area contributed by atoms with Crippen LogP contribution in [0.5, 0.6) is 0 Å². The van der Waals surface area contributed by atoms with Crippen molar-refractivity contribution in [2.24, 2.45) is 0 Å². The number of benzene rings is 1. The molecule has 5 nitrogen and oxygen atoms in total. The topological polar surface area (TPSA) is 75.6 Å². The van der Waals surface area contributed by atoms with Gasteiger partial charge in [-0.15, -0.1) is 0 Å². The Morgan fingerprint density at radius 3 is 2.43 bits per heavy atom. The molecule has 0 saturated heterocycles. The maximum absolute atomic E-state index is 13.1. The Balaban J connectivity index is 2.56. The highest BCUT2D eigenvalue weighted by Gasteiger charge is 2.21. The van der Waals surface area contributed by atoms with Crippen LogP contribution in [0.15, 0.2) is 18.2 Å². The number of carbonyl (C=O) groups excluding carboxylic acids is 1. The molecule has 7 heteroatoms. The van der Waals surface area contributed by atoms with E-state index in [0.717, 1.165) is 12.1 Å². The summed E-state index contributed by atoms with van der Waals surface area (Å²) in [5.41, 5.74) is -0.143. The van der Waals surface area contributed by atoms with Crippen molar-refractivity contribution in [1.29, 1.82) is 0 Å². The molecule has 1 unspecified atom stereocenters. The third-order valence-corrected chi connectivity index (χ3v) is 2.92. The van der Waals surface area contributed by atoms with E-state index in [-0.39, 0.29) is 25.0 Å². The number of hydrogen-bond acceptors (Lipinski definition) is 3. The first kappa shape index (κ1) is 19.0. The summed E-state index contributed by atoms with van der Waals surface area (Å²) >= 11 is 0. The summed E-state index contributed by atoms with van der Waals surface area (Å²) in [6.45, 7) is 5.69. The average Bonchev–Trinajstić information content (AvgIpc) is 2.40. The number of carbonyl (C=O) groups is 2. The van der Waals surface area contributed by atoms with Crippen LogP contribution in [0.3, 0.4) is 0 Å². The van der Waals surface area contributed by atoms with Gasteiger partial charge in [0.1, 0.15) is 6.04 Å². The molecule has 0 bridgehead atoms. The smallest absolute Gasteiger partial charge is 0.326 e. The number of halogens is 2. The van der Waals surface area contributed by atoms with E-state index in [0.29, 0.717) is 0 Å². The second-order valence-corrected chi connectivity index (χ2v) is 6.13. The van der Waals surface area contributed by atoms with E-state index in [4.69, 9.17) is 9.84 Å². The lowest BCUT2D eigenvalue weighted by atomic mass is 10.1. The van der Waals surface area contributed by atoms with Crippen LogP contribution in [0.4, 0.5) is 8.78 Å². The Hall–Kier alpha value is -2.02. The van der Waals surface area contributed by atoms with Crippen LogP contribution < -0.4 is 5.32 Å². The zero-order chi connectivity index (χ0) is 17.6. The zero-order valence-corrected chi connectivity index (χ0v) is 13.4. The largest absolute Gasteiger partial charge is 0.480 e. The molecule has 128 valence electrons. The van der Waals surface area contributed by atoms with Gasteiger partial charge in [0.25, 0.3) is 0 Å². The number of aliphatic carboxylic acids is 1. The van der Waals surface area contributed by atoms with Gasteiger partial charge in [0.15, 0.2) is 11.6 Å². The summed E-state index contributed by atoms with van der Waals surface area (Å²) in [6, 6.07) is 2.00. The minimum atomic E-state index is -1.18. The van der Waals surface area contributed by atoms with E-state index in [2.05, 4.69) is 5.32 Å². The van der Waals surface area contributed by atoms with Gasteiger partial charge in [0, 0.05) is 13.0 Å². The predicted molar refractivity (Wildman–Crippen MR) is 80.0 cm³/mol. The average molecular weight is 329 g/mol. The van der Waals surface area contributed by atoms with E-state index < -0.39 is 35.2 Å². The highest BCUT2D eigenvalue weighted by Crippen LogP contribution is 2.10. The van der Waals surface area contributed by atoms with Crippen LogP contribution in [-0.2, 0) is 20.7 Å². The molecule has 0 aliphatic heterocycles. The fourth-order valence-electron chi connectivity index (χ4n) is 1.82. The van der Waals surface area contributed by atoms with Gasteiger partial charge >= 0.3 is 5.97 Å². The molecule has 1 aromatic rings. The normalized spacial score (nSPS) is 12.7. The first-order valence-electron chi connectivity index (χ1n) is 7.18. The Kier molecular flexibility index (Phi) is 6.62. The molecule has 0 heterocycles. The predicted octanol–water partition coefficient (Wildman–Crippen LogP) is 2.28. The molecule has 0 radical (unpaired) electrons. The SMILES string of the molecule is CC(C)(C)OCCC(NC(=O)Cc1ccc(F)c(F)c1)C(=O)O. The molecular formula is C16H21F2NO4. The van der Waals surface area contributed by atoms with Crippen LogP contribution in [0, 0.1) is 11.6 Å². The highest BCUT2D eigenvalue weighted by molar-refractivity contribution is 5.84. The lowest BCUT2D eigenvalue weighted by Gasteiger charge is -2.21. The van der Waals surface area contributed by atoms with Crippen molar-refractivity contribution in [1.82, 2.24) is 5.32 Å². The fourth-order valence-corrected chi connectivity index (χ4v) is 1.82. The maximum Gasteiger partial charge on any atom is 0.326 e. The summed E-state index contributed by atoms with van der Waals surface area (Å²) in [6.07, 6.45) is -0.128. The summed E-state index contributed by atoms with van der Waals surface area (Å²) in [7, 11) is 0. The van der Waals surface area contributed by atoms with Crippen molar-refractivity contribution in [3.8, 4) is 0 Å². The van der Waals surface area contributed by atoms with Gasteiger partial charge in [0.2, 0.25) is 5.91 Å². The van der Waals surface area contributed by atoms with Crippen LogP contribution in [0.1, 0.15) is 32.8 Å². The van der Waals surface area contributed by atoms with Crippen molar-refractivity contribution in [3.63, 3.8) is 0 Å². The first-order valence-corrected chi connectivity index (χ1v) is 7.18. The minimum Gasteiger partial charge on any atom is -0.480 e. The third-order valence-electron chi connectivity index (χ3n) is 2.92. The van der Waals surface area contributed by atoms with Gasteiger partial charge in [0.05, 0.1) is 12.0 Å². The van der Waals surface area contributed by atoms with Crippen molar-refractivity contribution in [3.05, 3.63) is 35.4 Å². The van der Waals surface area contributed by atoms with Crippen LogP contribution >= 0.6 is 0 Å². The van der Waals surface area contributed by atoms with Gasteiger partial charge in [-0.25, -0.2) is 13.6 Å². The van der Waals surface area contributed by atoms with Gasteiger partial charge in [-0.2, -0.15) is 0 Å². The van der Waals surface area contributed by atoms with Crippen molar-refractivity contribution < 1.29 is 28.2 Å². The fraction of sp³-hybridized carbons (Fsp3) is 0.500. The zero-order valence-electron chi connectivity index (χ0n) is 13.4. The Labute approximate surface area is 133 Å². The highest BCUT2D eigenvalue weighted by atomic mass is 19.2. The van der Waals surface area contributed by atoms with Crippen LogP contribution in [0.25, 0.3) is 0 Å². The molecule has 0 aromatic heterocycles. The van der Waals surface area contributed by atoms with E-state index in [9.17, 15) is 18.4 Å². The summed E-state index contributed by atoms with van der Waals surface area (Å²) in [5.74, 6) is -3.82. The molecule has 1 amide bonds. The van der Waals surface area contributed by atoms with E-state index in [1.807, 2.05) is 20.8 Å². The number of rotatable bonds is 7. The molecule has 23 heavy (non-hydrogen) atoms. The standard InChI is InChI=1S/C16H21F2NO4/c1-16(2,3)23-7-6-13(15(21)22)19-14(20)9-10-4-5-11(17)12(18)8-10/h4-5,8,13H,6-7,9H2,1-3H3,(H,19,20)(H,21,22). The van der Waals surface area contributed by atoms with E-state index in [1.165, 1.54) is 6.07 Å². The third kappa shape index (κ3) is 7.19. The monoisotopic (exact) mass is 329 g/mol. The van der Waals surface area contributed by atoms with Crippen molar-refractivity contribution >= 4 is 11.9 Å². The molecule has 1 rings (SSSR count). The van der Waals surface area contributed by atoms with Gasteiger partial charge < -0.3 is 15.2 Å². The van der Waals surface area contributed by atoms with Gasteiger partial charge in [-0.3, -0.25) is 4.79 Å². The number of carboxylic acids is 1. The first-order chi connectivity index (χ1) is 10.6. The maximum atomic E-state index is 13.1. The lowest BCUT2D eigenvalue weighted by molar-refractivity contribution is -0.142. The minimum absolute atomic E-state index is 0.107. The Bertz CT molecular complexity index is 570. The Morgan fingerprint density at radius 1 is 1.26 bits per heavy atom. The molecule has 2 N–H and O–H groups in total. The molecular weight excluding hydrogens is 308 g/mol. The second kappa shape index (κ2) is 8.01. The van der Waals surface area contributed by atoms with E-state index >= 15 is 0 Å². The van der Waals surface area contributed by atoms with Gasteiger partial charge in [-0.05, 0) is 38.5 Å². The van der Waals surface area contributed by atoms with Crippen molar-refractivity contribution in [2.75, 3.05) is 6.61 Å². The number of nitrogens with one attached hydrogen (secondary N) is 1. The molecule has 0 spiro atoms. The summed E-state index contributed by atoms with van der Waals surface area (Å²) in [5, 5.41) is 11.5. The van der Waals surface area contributed by atoms with Gasteiger partial charge in [-0.1, -0.05) is 6.07 Å². The number of hydrogen-bond donors (Lipinski definition) is 2. The number of carboxylic acid groups (broad SMARTS) is 1. The molecule has 0 aliphatic rings. The summed E-state index contributed by atoms with van der Waals surface area (Å²) < 4.78 is 31.3. The molecule has 1 atom stereocenters. The quantitative estimate of drug-likeness (QED) is 0.805. The molecule has 1 aromatic carbocycles. The lowest BCUT2D eigenvalue weighted by Crippen LogP contribution is -2.42. The van der Waals surface area contributed by atoms with Crippen LogP contribution in [-0.4, -0.2) is 35.2 Å². The van der Waals surface area contributed by atoms with Crippen molar-refractivity contribution in [2.45, 2.75) is 45.3 Å². The Morgan fingerprint density at radius 2 is 1.91 bits per heavy atom. The van der Waals surface area contributed by atoms with Crippen LogP contribution in [0.2, 0.25) is 0 Å². The molecule has 0 fully saturated rings.